The number of hydrogen-bond acceptors (Lipinski definition) is 3. The van der Waals surface area contributed by atoms with Crippen LogP contribution in [0.5, 0.6) is 0 Å². The fourth-order valence-corrected chi connectivity index (χ4v) is 5.41. The standard InChI is InChI=1S/C22H25ClFNO3S/c1-15-10-18(17-8-5-9-19(23)11-17)12-20(22(15)24)21(26)13-25-29(27,28)14-16-6-3-2-4-7-16/h5,8-12,16,25H,2-4,6-7,13-14H2,1H3. The average molecular weight is 438 g/mol. The number of carbonyl (C=O) groups excluding carboxylic acids is 1. The molecule has 7 heteroatoms. The van der Waals surface area contributed by atoms with Gasteiger partial charge in [-0.1, -0.05) is 43.0 Å². The number of rotatable bonds is 7. The highest BCUT2D eigenvalue weighted by Gasteiger charge is 2.23. The number of carbonyl (C=O) groups is 1. The molecule has 1 N–H and O–H groups in total. The number of aryl methyl sites for hydroxylation is 1. The minimum atomic E-state index is -3.59. The topological polar surface area (TPSA) is 63.2 Å². The molecule has 156 valence electrons. The molecule has 0 aromatic heterocycles. The average Bonchev–Trinajstić information content (AvgIpc) is 2.68. The van der Waals surface area contributed by atoms with Gasteiger partial charge in [0.05, 0.1) is 17.9 Å². The van der Waals surface area contributed by atoms with Gasteiger partial charge in [0.1, 0.15) is 5.82 Å². The Labute approximate surface area is 176 Å². The van der Waals surface area contributed by atoms with Crippen LogP contribution in [0.4, 0.5) is 4.39 Å². The fraction of sp³-hybridized carbons (Fsp3) is 0.409. The summed E-state index contributed by atoms with van der Waals surface area (Å²) >= 11 is 6.03. The van der Waals surface area contributed by atoms with E-state index >= 15 is 0 Å². The van der Waals surface area contributed by atoms with Crippen LogP contribution in [0.3, 0.4) is 0 Å². The van der Waals surface area contributed by atoms with Gasteiger partial charge < -0.3 is 0 Å². The molecule has 2 aromatic rings. The molecule has 0 atom stereocenters. The van der Waals surface area contributed by atoms with Gasteiger partial charge in [-0.15, -0.1) is 0 Å². The van der Waals surface area contributed by atoms with Gasteiger partial charge in [0, 0.05) is 5.02 Å². The molecule has 0 amide bonds. The van der Waals surface area contributed by atoms with Gasteiger partial charge in [-0.05, 0) is 66.6 Å². The molecule has 0 heterocycles. The fourth-order valence-electron chi connectivity index (χ4n) is 3.80. The maximum absolute atomic E-state index is 14.6. The lowest BCUT2D eigenvalue weighted by molar-refractivity contribution is 0.0993. The smallest absolute Gasteiger partial charge is 0.212 e. The first-order valence-electron chi connectivity index (χ1n) is 9.82. The minimum Gasteiger partial charge on any atom is -0.293 e. The predicted molar refractivity (Wildman–Crippen MR) is 114 cm³/mol. The monoisotopic (exact) mass is 437 g/mol. The van der Waals surface area contributed by atoms with Crippen LogP contribution in [0.2, 0.25) is 5.02 Å². The van der Waals surface area contributed by atoms with E-state index in [1.54, 1.807) is 31.2 Å². The Hall–Kier alpha value is -1.76. The summed E-state index contributed by atoms with van der Waals surface area (Å²) in [4.78, 5) is 12.6. The van der Waals surface area contributed by atoms with Crippen LogP contribution in [0.1, 0.15) is 48.0 Å². The summed E-state index contributed by atoms with van der Waals surface area (Å²) in [5.41, 5.74) is 1.60. The van der Waals surface area contributed by atoms with E-state index in [1.165, 1.54) is 6.07 Å². The lowest BCUT2D eigenvalue weighted by Gasteiger charge is -2.21. The molecule has 3 rings (SSSR count). The number of hydrogen-bond donors (Lipinski definition) is 1. The van der Waals surface area contributed by atoms with Crippen molar-refractivity contribution in [1.29, 1.82) is 0 Å². The lowest BCUT2D eigenvalue weighted by Crippen LogP contribution is -2.34. The molecule has 1 aliphatic rings. The molecule has 1 fully saturated rings. The summed E-state index contributed by atoms with van der Waals surface area (Å²) in [6, 6.07) is 10.2. The van der Waals surface area contributed by atoms with Crippen LogP contribution in [-0.2, 0) is 10.0 Å². The van der Waals surface area contributed by atoms with Crippen LogP contribution in [-0.4, -0.2) is 26.5 Å². The molecule has 1 saturated carbocycles. The Kier molecular flexibility index (Phi) is 7.09. The molecule has 0 saturated heterocycles. The number of halogens is 2. The Balaban J connectivity index is 1.74. The van der Waals surface area contributed by atoms with Crippen molar-refractivity contribution >= 4 is 27.4 Å². The quantitative estimate of drug-likeness (QED) is 0.610. The van der Waals surface area contributed by atoms with E-state index in [1.807, 2.05) is 6.07 Å². The normalized spacial score (nSPS) is 15.4. The number of ketones is 1. The van der Waals surface area contributed by atoms with Crippen molar-refractivity contribution in [2.24, 2.45) is 5.92 Å². The van der Waals surface area contributed by atoms with Crippen LogP contribution in [0.25, 0.3) is 11.1 Å². The second-order valence-electron chi connectivity index (χ2n) is 7.69. The third-order valence-electron chi connectivity index (χ3n) is 5.35. The Morgan fingerprint density at radius 3 is 2.55 bits per heavy atom. The van der Waals surface area contributed by atoms with Crippen LogP contribution >= 0.6 is 11.6 Å². The van der Waals surface area contributed by atoms with Crippen LogP contribution in [0.15, 0.2) is 36.4 Å². The number of nitrogens with one attached hydrogen (secondary N) is 1. The van der Waals surface area contributed by atoms with Crippen molar-refractivity contribution in [3.8, 4) is 11.1 Å². The summed E-state index contributed by atoms with van der Waals surface area (Å²) in [6.07, 6.45) is 5.01. The summed E-state index contributed by atoms with van der Waals surface area (Å²) in [6.45, 7) is 1.12. The zero-order chi connectivity index (χ0) is 21.0. The van der Waals surface area contributed by atoms with E-state index in [9.17, 15) is 17.6 Å². The van der Waals surface area contributed by atoms with Gasteiger partial charge in [-0.2, -0.15) is 0 Å². The van der Waals surface area contributed by atoms with Crippen molar-refractivity contribution in [1.82, 2.24) is 4.72 Å². The third-order valence-corrected chi connectivity index (χ3v) is 7.07. The predicted octanol–water partition coefficient (Wildman–Crippen LogP) is 5.14. The zero-order valence-electron chi connectivity index (χ0n) is 16.4. The minimum absolute atomic E-state index is 0.0182. The first kappa shape index (κ1) is 21.9. The highest BCUT2D eigenvalue weighted by Crippen LogP contribution is 2.27. The molecule has 0 aliphatic heterocycles. The van der Waals surface area contributed by atoms with Crippen molar-refractivity contribution in [3.63, 3.8) is 0 Å². The Morgan fingerprint density at radius 1 is 1.14 bits per heavy atom. The highest BCUT2D eigenvalue weighted by atomic mass is 35.5. The summed E-state index contributed by atoms with van der Waals surface area (Å²) in [7, 11) is -3.59. The molecular weight excluding hydrogens is 413 g/mol. The van der Waals surface area contributed by atoms with E-state index in [0.29, 0.717) is 16.1 Å². The second-order valence-corrected chi connectivity index (χ2v) is 9.98. The summed E-state index contributed by atoms with van der Waals surface area (Å²) in [5.74, 6) is -1.08. The maximum Gasteiger partial charge on any atom is 0.212 e. The number of benzene rings is 2. The van der Waals surface area contributed by atoms with E-state index < -0.39 is 28.2 Å². The van der Waals surface area contributed by atoms with Crippen molar-refractivity contribution in [2.75, 3.05) is 12.3 Å². The largest absolute Gasteiger partial charge is 0.293 e. The molecule has 2 aromatic carbocycles. The third kappa shape index (κ3) is 5.87. The Morgan fingerprint density at radius 2 is 1.86 bits per heavy atom. The van der Waals surface area contributed by atoms with Gasteiger partial charge in [0.2, 0.25) is 10.0 Å². The number of sulfonamides is 1. The molecule has 0 unspecified atom stereocenters. The SMILES string of the molecule is Cc1cc(-c2cccc(Cl)c2)cc(C(=O)CNS(=O)(=O)CC2CCCCC2)c1F. The molecule has 29 heavy (non-hydrogen) atoms. The molecule has 0 spiro atoms. The highest BCUT2D eigenvalue weighted by molar-refractivity contribution is 7.89. The number of Topliss-reactive ketones (excluding diaryl/α,β-unsaturated/α-hetero) is 1. The zero-order valence-corrected chi connectivity index (χ0v) is 18.0. The van der Waals surface area contributed by atoms with E-state index in [4.69, 9.17) is 11.6 Å². The molecule has 1 aliphatic carbocycles. The molecule has 4 nitrogen and oxygen atoms in total. The lowest BCUT2D eigenvalue weighted by atomic mass is 9.91. The maximum atomic E-state index is 14.6. The Bertz CT molecular complexity index is 1000. The van der Waals surface area contributed by atoms with Gasteiger partial charge >= 0.3 is 0 Å². The van der Waals surface area contributed by atoms with Gasteiger partial charge in [-0.25, -0.2) is 17.5 Å². The summed E-state index contributed by atoms with van der Waals surface area (Å²) < 4.78 is 41.6. The first-order valence-corrected chi connectivity index (χ1v) is 11.8. The second kappa shape index (κ2) is 9.37. The summed E-state index contributed by atoms with van der Waals surface area (Å²) in [5, 5.41) is 0.535. The van der Waals surface area contributed by atoms with Crippen LogP contribution < -0.4 is 4.72 Å². The first-order chi connectivity index (χ1) is 13.7. The van der Waals surface area contributed by atoms with Crippen molar-refractivity contribution in [3.05, 3.63) is 58.4 Å². The van der Waals surface area contributed by atoms with E-state index in [2.05, 4.69) is 4.72 Å². The van der Waals surface area contributed by atoms with E-state index in [-0.39, 0.29) is 17.2 Å². The van der Waals surface area contributed by atoms with Gasteiger partial charge in [0.25, 0.3) is 0 Å². The molecule has 0 radical (unpaired) electrons. The van der Waals surface area contributed by atoms with E-state index in [0.717, 1.165) is 37.7 Å². The van der Waals surface area contributed by atoms with Gasteiger partial charge in [-0.3, -0.25) is 4.79 Å². The molecular formula is C22H25ClFNO3S. The van der Waals surface area contributed by atoms with Gasteiger partial charge in [0.15, 0.2) is 5.78 Å². The van der Waals surface area contributed by atoms with Crippen LogP contribution in [0, 0.1) is 18.7 Å². The van der Waals surface area contributed by atoms with Crippen molar-refractivity contribution in [2.45, 2.75) is 39.0 Å². The molecule has 0 bridgehead atoms. The van der Waals surface area contributed by atoms with Crippen molar-refractivity contribution < 1.29 is 17.6 Å².